The molecule has 0 aromatic carbocycles. The van der Waals surface area contributed by atoms with Crippen LogP contribution in [0.5, 0.6) is 0 Å². The highest BCUT2D eigenvalue weighted by Crippen LogP contribution is 2.24. The van der Waals surface area contributed by atoms with Crippen LogP contribution >= 0.6 is 0 Å². The zero-order chi connectivity index (χ0) is 16.0. The summed E-state index contributed by atoms with van der Waals surface area (Å²) < 4.78 is 5.11. The molecule has 1 atom stereocenters. The second kappa shape index (κ2) is 7.39. The van der Waals surface area contributed by atoms with Crippen LogP contribution in [-0.2, 0) is 4.74 Å². The molecule has 9 nitrogen and oxygen atoms in total. The Morgan fingerprint density at radius 3 is 2.86 bits per heavy atom. The predicted molar refractivity (Wildman–Crippen MR) is 77.8 cm³/mol. The van der Waals surface area contributed by atoms with Gasteiger partial charge in [-0.2, -0.15) is 0 Å². The van der Waals surface area contributed by atoms with Gasteiger partial charge in [-0.05, 0) is 13.8 Å². The van der Waals surface area contributed by atoms with E-state index in [-0.39, 0.29) is 23.1 Å². The van der Waals surface area contributed by atoms with Crippen LogP contribution in [0.3, 0.4) is 0 Å². The molecule has 0 aliphatic carbocycles. The lowest BCUT2D eigenvalue weighted by Gasteiger charge is -2.29. The first kappa shape index (κ1) is 16.6. The number of nitrogens with zero attached hydrogens (tertiary/aromatic N) is 4. The molecule has 1 rings (SSSR count). The fraction of sp³-hybridized carbons (Fsp3) is 0.500. The normalized spacial score (nSPS) is 13.0. The molecule has 0 saturated carbocycles. The Morgan fingerprint density at radius 2 is 2.38 bits per heavy atom. The molecule has 9 heteroatoms. The van der Waals surface area contributed by atoms with Crippen molar-refractivity contribution in [3.63, 3.8) is 0 Å². The van der Waals surface area contributed by atoms with Gasteiger partial charge < -0.3 is 20.6 Å². The number of anilines is 1. The summed E-state index contributed by atoms with van der Waals surface area (Å²) in [4.78, 5) is 16.2. The first-order valence-corrected chi connectivity index (χ1v) is 6.34. The number of nitrogens with two attached hydrogens (primary N) is 1. The summed E-state index contributed by atoms with van der Waals surface area (Å²) in [5, 5.41) is 22.6. The minimum atomic E-state index is -0.584. The maximum absolute atomic E-state index is 10.8. The summed E-state index contributed by atoms with van der Waals surface area (Å²) in [6, 6.07) is 1.21. The topological polar surface area (TPSA) is 127 Å². The molecule has 1 unspecified atom stereocenters. The Morgan fingerprint density at radius 1 is 1.71 bits per heavy atom. The van der Waals surface area contributed by atoms with E-state index in [1.165, 1.54) is 6.07 Å². The van der Waals surface area contributed by atoms with E-state index < -0.39 is 4.92 Å². The molecule has 116 valence electrons. The van der Waals surface area contributed by atoms with Gasteiger partial charge in [-0.3, -0.25) is 10.1 Å². The van der Waals surface area contributed by atoms with Crippen molar-refractivity contribution in [1.82, 2.24) is 4.98 Å². The van der Waals surface area contributed by atoms with Crippen molar-refractivity contribution in [2.75, 3.05) is 25.2 Å². The smallest absolute Gasteiger partial charge is 0.288 e. The molecule has 1 aromatic rings. The van der Waals surface area contributed by atoms with Gasteiger partial charge in [0.05, 0.1) is 23.1 Å². The molecule has 1 heterocycles. The van der Waals surface area contributed by atoms with Gasteiger partial charge in [0.2, 0.25) is 0 Å². The lowest BCUT2D eigenvalue weighted by molar-refractivity contribution is -0.385. The number of rotatable bonds is 7. The number of aromatic nitrogens is 1. The number of oxime groups is 1. The Labute approximate surface area is 122 Å². The highest BCUT2D eigenvalue weighted by Gasteiger charge is 2.22. The Hall–Kier alpha value is -2.42. The molecule has 3 N–H and O–H groups in total. The van der Waals surface area contributed by atoms with Gasteiger partial charge >= 0.3 is 0 Å². The minimum Gasteiger partial charge on any atom is -0.409 e. The van der Waals surface area contributed by atoms with Crippen molar-refractivity contribution in [3.05, 3.63) is 27.9 Å². The van der Waals surface area contributed by atoms with Crippen LogP contribution in [0.25, 0.3) is 0 Å². The molecule has 0 spiro atoms. The van der Waals surface area contributed by atoms with Crippen molar-refractivity contribution in [2.45, 2.75) is 19.9 Å². The summed E-state index contributed by atoms with van der Waals surface area (Å²) in [6.45, 7) is 4.86. The molecule has 0 fully saturated rings. The molecular weight excluding hydrogens is 278 g/mol. The van der Waals surface area contributed by atoms with Gasteiger partial charge in [-0.15, -0.1) is 0 Å². The van der Waals surface area contributed by atoms with Crippen molar-refractivity contribution in [1.29, 1.82) is 0 Å². The van der Waals surface area contributed by atoms with E-state index in [4.69, 9.17) is 15.7 Å². The quantitative estimate of drug-likeness (QED) is 0.252. The van der Waals surface area contributed by atoms with E-state index in [1.54, 1.807) is 7.11 Å². The third kappa shape index (κ3) is 3.78. The maximum atomic E-state index is 10.8. The SMILES string of the molecule is CCN(c1ncc([N+](=O)[O-])cc1C(N)=NO)C(C)COC. The fourth-order valence-electron chi connectivity index (χ4n) is 2.02. The van der Waals surface area contributed by atoms with E-state index in [1.807, 2.05) is 18.7 Å². The molecular formula is C12H19N5O4. The van der Waals surface area contributed by atoms with Gasteiger partial charge in [0.15, 0.2) is 5.84 Å². The summed E-state index contributed by atoms with van der Waals surface area (Å²) >= 11 is 0. The molecule has 0 aliphatic rings. The van der Waals surface area contributed by atoms with Crippen LogP contribution in [0, 0.1) is 10.1 Å². The third-order valence-electron chi connectivity index (χ3n) is 3.00. The van der Waals surface area contributed by atoms with E-state index in [2.05, 4.69) is 10.1 Å². The highest BCUT2D eigenvalue weighted by molar-refractivity contribution is 6.02. The molecule has 1 aromatic heterocycles. The Bertz CT molecular complexity index is 534. The van der Waals surface area contributed by atoms with Crippen molar-refractivity contribution >= 4 is 17.3 Å². The number of ether oxygens (including phenoxy) is 1. The van der Waals surface area contributed by atoms with Crippen molar-refractivity contribution < 1.29 is 14.9 Å². The number of hydrogen-bond acceptors (Lipinski definition) is 7. The first-order chi connectivity index (χ1) is 9.96. The van der Waals surface area contributed by atoms with Gasteiger partial charge in [0.1, 0.15) is 12.0 Å². The van der Waals surface area contributed by atoms with E-state index >= 15 is 0 Å². The van der Waals surface area contributed by atoms with E-state index in [9.17, 15) is 10.1 Å². The largest absolute Gasteiger partial charge is 0.409 e. The van der Waals surface area contributed by atoms with Crippen LogP contribution in [0.1, 0.15) is 19.4 Å². The predicted octanol–water partition coefficient (Wildman–Crippen LogP) is 0.945. The average Bonchev–Trinajstić information content (AvgIpc) is 2.47. The zero-order valence-electron chi connectivity index (χ0n) is 12.2. The fourth-order valence-corrected chi connectivity index (χ4v) is 2.02. The summed E-state index contributed by atoms with van der Waals surface area (Å²) in [6.07, 6.45) is 1.14. The zero-order valence-corrected chi connectivity index (χ0v) is 12.2. The summed E-state index contributed by atoms with van der Waals surface area (Å²) in [5.41, 5.74) is 5.59. The van der Waals surface area contributed by atoms with Gasteiger partial charge in [0.25, 0.3) is 5.69 Å². The van der Waals surface area contributed by atoms with Gasteiger partial charge in [-0.1, -0.05) is 5.16 Å². The summed E-state index contributed by atoms with van der Waals surface area (Å²) in [5.74, 6) is 0.173. The monoisotopic (exact) mass is 297 g/mol. The number of pyridine rings is 1. The van der Waals surface area contributed by atoms with Gasteiger partial charge in [0, 0.05) is 19.7 Å². The average molecular weight is 297 g/mol. The molecule has 0 aliphatic heterocycles. The van der Waals surface area contributed by atoms with Crippen LogP contribution in [0.4, 0.5) is 11.5 Å². The molecule has 0 bridgehead atoms. The highest BCUT2D eigenvalue weighted by atomic mass is 16.6. The molecule has 0 amide bonds. The number of likely N-dealkylation sites (N-methyl/N-ethyl adjacent to an activating group) is 1. The van der Waals surface area contributed by atoms with Crippen LogP contribution in [0.15, 0.2) is 17.4 Å². The number of methoxy groups -OCH3 is 1. The minimum absolute atomic E-state index is 0.0285. The van der Waals surface area contributed by atoms with Gasteiger partial charge in [-0.25, -0.2) is 4.98 Å². The first-order valence-electron chi connectivity index (χ1n) is 6.34. The summed E-state index contributed by atoms with van der Waals surface area (Å²) in [7, 11) is 1.58. The maximum Gasteiger partial charge on any atom is 0.288 e. The second-order valence-electron chi connectivity index (χ2n) is 4.40. The Kier molecular flexibility index (Phi) is 5.85. The van der Waals surface area contributed by atoms with E-state index in [0.717, 1.165) is 6.20 Å². The standard InChI is InChI=1S/C12H19N5O4/c1-4-16(8(2)7-21-3)12-10(11(13)15-18)5-9(6-14-12)17(19)20/h5-6,8,18H,4,7H2,1-3H3,(H2,13,15). The lowest BCUT2D eigenvalue weighted by Crippen LogP contribution is -2.38. The van der Waals surface area contributed by atoms with Crippen LogP contribution < -0.4 is 10.6 Å². The molecule has 0 saturated heterocycles. The van der Waals surface area contributed by atoms with Crippen LogP contribution in [0.2, 0.25) is 0 Å². The van der Waals surface area contributed by atoms with Crippen molar-refractivity contribution in [2.24, 2.45) is 10.9 Å². The lowest BCUT2D eigenvalue weighted by atomic mass is 10.1. The number of amidine groups is 1. The van der Waals surface area contributed by atoms with Crippen molar-refractivity contribution in [3.8, 4) is 0 Å². The second-order valence-corrected chi connectivity index (χ2v) is 4.40. The molecule has 21 heavy (non-hydrogen) atoms. The third-order valence-corrected chi connectivity index (χ3v) is 3.00. The van der Waals surface area contributed by atoms with Crippen LogP contribution in [-0.4, -0.2) is 47.3 Å². The Balaban J connectivity index is 3.35. The number of nitro groups is 1. The number of hydrogen-bond donors (Lipinski definition) is 2. The van der Waals surface area contributed by atoms with E-state index in [0.29, 0.717) is 19.0 Å². The molecule has 0 radical (unpaired) electrons.